The smallest absolute Gasteiger partial charge is 0.272 e. The van der Waals surface area contributed by atoms with Crippen molar-refractivity contribution >= 4 is 40.7 Å². The van der Waals surface area contributed by atoms with Crippen molar-refractivity contribution in [1.29, 1.82) is 5.26 Å². The third kappa shape index (κ3) is 9.82. The lowest BCUT2D eigenvalue weighted by Gasteiger charge is -2.39. The lowest BCUT2D eigenvalue weighted by atomic mass is 9.90. The summed E-state index contributed by atoms with van der Waals surface area (Å²) in [5, 5.41) is 24.2. The number of hydrogen-bond donors (Lipinski definition) is 2. The molecule has 0 spiro atoms. The molecule has 288 valence electrons. The molecule has 3 heterocycles. The van der Waals surface area contributed by atoms with E-state index in [1.165, 1.54) is 0 Å². The molecule has 1 unspecified atom stereocenters. The molecule has 1 aromatic heterocycles. The van der Waals surface area contributed by atoms with Crippen LogP contribution in [0.25, 0.3) is 0 Å². The number of ketones is 1. The average molecular weight is 765 g/mol. The van der Waals surface area contributed by atoms with E-state index in [-0.39, 0.29) is 29.7 Å². The summed E-state index contributed by atoms with van der Waals surface area (Å²) in [6, 6.07) is 18.2. The van der Waals surface area contributed by atoms with Crippen LogP contribution >= 0.6 is 11.6 Å². The molecule has 0 bridgehead atoms. The van der Waals surface area contributed by atoms with Crippen molar-refractivity contribution < 1.29 is 19.1 Å². The molecule has 2 saturated heterocycles. The largest absolute Gasteiger partial charge is 0.490 e. The van der Waals surface area contributed by atoms with E-state index in [0.717, 1.165) is 108 Å². The topological polar surface area (TPSA) is 144 Å². The molecular formula is C42H49ClN8O4. The Morgan fingerprint density at radius 2 is 1.60 bits per heavy atom. The summed E-state index contributed by atoms with van der Waals surface area (Å²) in [6.45, 7) is 10.7. The van der Waals surface area contributed by atoms with Crippen molar-refractivity contribution in [3.05, 3.63) is 88.6 Å². The lowest BCUT2D eigenvalue weighted by molar-refractivity contribution is -0.121. The second kappa shape index (κ2) is 17.6. The van der Waals surface area contributed by atoms with E-state index >= 15 is 0 Å². The Morgan fingerprint density at radius 3 is 2.25 bits per heavy atom. The van der Waals surface area contributed by atoms with Crippen LogP contribution in [0.2, 0.25) is 5.02 Å². The summed E-state index contributed by atoms with van der Waals surface area (Å²) in [4.78, 5) is 45.2. The van der Waals surface area contributed by atoms with E-state index in [0.29, 0.717) is 46.4 Å². The molecule has 7 rings (SSSR count). The zero-order valence-electron chi connectivity index (χ0n) is 31.2. The van der Waals surface area contributed by atoms with Gasteiger partial charge >= 0.3 is 0 Å². The summed E-state index contributed by atoms with van der Waals surface area (Å²) < 4.78 is 6.08. The van der Waals surface area contributed by atoms with Crippen LogP contribution in [0.4, 0.5) is 11.5 Å². The molecule has 2 aliphatic carbocycles. The first-order valence-corrected chi connectivity index (χ1v) is 19.9. The molecule has 2 saturated carbocycles. The maximum Gasteiger partial charge on any atom is 0.272 e. The normalized spacial score (nSPS) is 22.5. The average Bonchev–Trinajstić information content (AvgIpc) is 3.20. The number of nitrogens with zero attached hydrogens (tertiary/aromatic N) is 6. The number of ether oxygens (including phenoxy) is 1. The second-order valence-corrected chi connectivity index (χ2v) is 15.7. The number of benzene rings is 2. The molecule has 3 aromatic rings. The van der Waals surface area contributed by atoms with Gasteiger partial charge in [0.05, 0.1) is 22.7 Å². The van der Waals surface area contributed by atoms with E-state index in [2.05, 4.69) is 48.2 Å². The lowest BCUT2D eigenvalue weighted by Crippen LogP contribution is -2.49. The van der Waals surface area contributed by atoms with Crippen LogP contribution in [0.3, 0.4) is 0 Å². The first kappa shape index (κ1) is 38.3. The summed E-state index contributed by atoms with van der Waals surface area (Å²) in [5.41, 5.74) is 3.37. The van der Waals surface area contributed by atoms with E-state index in [4.69, 9.17) is 21.6 Å². The fourth-order valence-electron chi connectivity index (χ4n) is 8.14. The Bertz CT molecular complexity index is 1890. The fourth-order valence-corrected chi connectivity index (χ4v) is 8.35. The van der Waals surface area contributed by atoms with Crippen LogP contribution in [0.5, 0.6) is 5.75 Å². The highest BCUT2D eigenvalue weighted by Crippen LogP contribution is 2.28. The predicted molar refractivity (Wildman–Crippen MR) is 212 cm³/mol. The molecule has 13 heteroatoms. The predicted octanol–water partition coefficient (Wildman–Crippen LogP) is 5.57. The summed E-state index contributed by atoms with van der Waals surface area (Å²) in [7, 11) is 0. The summed E-state index contributed by atoms with van der Waals surface area (Å²) in [5.74, 6) is 1.71. The molecule has 4 fully saturated rings. The zero-order valence-corrected chi connectivity index (χ0v) is 32.0. The molecule has 12 nitrogen and oxygen atoms in total. The second-order valence-electron chi connectivity index (χ2n) is 15.3. The Labute approximate surface area is 327 Å². The molecule has 2 N–H and O–H groups in total. The number of amides is 2. The molecule has 2 aromatic carbocycles. The Kier molecular flexibility index (Phi) is 12.3. The van der Waals surface area contributed by atoms with Crippen LogP contribution < -0.4 is 25.2 Å². The van der Waals surface area contributed by atoms with E-state index in [1.54, 1.807) is 24.3 Å². The number of hydrogen-bond acceptors (Lipinski definition) is 10. The SMILES string of the molecule is C=C1CCC(NC(=O)c2ccc(N3CCN(CC4CCN(c5ccc(C(=O)NC6CCC(Oc7ccc(C#N)c(Cl)c7)CC6)nn5)CC4)CC3)cc2)C(=O)C1. The van der Waals surface area contributed by atoms with Gasteiger partial charge in [-0.3, -0.25) is 19.3 Å². The van der Waals surface area contributed by atoms with Crippen molar-refractivity contribution in [2.75, 3.05) is 55.6 Å². The third-order valence-electron chi connectivity index (χ3n) is 11.5. The van der Waals surface area contributed by atoms with Gasteiger partial charge in [0.1, 0.15) is 11.8 Å². The first-order chi connectivity index (χ1) is 26.7. The number of Topliss-reactive ketones (excluding diaryl/α,β-unsaturated/α-hetero) is 1. The number of anilines is 2. The molecule has 2 aliphatic heterocycles. The van der Waals surface area contributed by atoms with Gasteiger partial charge in [-0.2, -0.15) is 5.26 Å². The Hall–Kier alpha value is -4.99. The monoisotopic (exact) mass is 764 g/mol. The quantitative estimate of drug-likeness (QED) is 0.252. The van der Waals surface area contributed by atoms with Crippen LogP contribution in [-0.4, -0.2) is 96.7 Å². The van der Waals surface area contributed by atoms with Gasteiger partial charge in [0, 0.05) is 75.6 Å². The number of nitrogens with one attached hydrogen (secondary N) is 2. The van der Waals surface area contributed by atoms with Gasteiger partial charge in [-0.05, 0) is 106 Å². The standard InChI is InChI=1S/C42H49ClN8O4/c1-28-2-13-37(39(52)24-28)46-41(53)30-3-8-33(9-4-30)50-22-20-49(21-23-50)27-29-16-18-51(19-17-29)40-15-14-38(47-48-40)42(54)45-32-6-11-34(12-7-32)55-35-10-5-31(26-44)36(43)25-35/h3-5,8-10,14-15,25,29,32,34,37H,1-2,6-7,11-13,16-24,27H2,(H,45,54)(H,46,53). The van der Waals surface area contributed by atoms with Crippen LogP contribution in [-0.2, 0) is 4.79 Å². The number of rotatable bonds is 10. The van der Waals surface area contributed by atoms with Crippen molar-refractivity contribution in [3.8, 4) is 11.8 Å². The number of nitriles is 1. The maximum absolute atomic E-state index is 13.0. The minimum Gasteiger partial charge on any atom is -0.490 e. The van der Waals surface area contributed by atoms with Crippen molar-refractivity contribution in [3.63, 3.8) is 0 Å². The van der Waals surface area contributed by atoms with Gasteiger partial charge in [-0.25, -0.2) is 0 Å². The van der Waals surface area contributed by atoms with Crippen LogP contribution in [0, 0.1) is 17.2 Å². The van der Waals surface area contributed by atoms with Gasteiger partial charge in [0.25, 0.3) is 11.8 Å². The van der Waals surface area contributed by atoms with Gasteiger partial charge in [0.2, 0.25) is 0 Å². The molecule has 0 radical (unpaired) electrons. The number of piperidine rings is 1. The van der Waals surface area contributed by atoms with Crippen molar-refractivity contribution in [2.24, 2.45) is 5.92 Å². The van der Waals surface area contributed by atoms with Crippen molar-refractivity contribution in [1.82, 2.24) is 25.7 Å². The molecular weight excluding hydrogens is 716 g/mol. The molecule has 1 atom stereocenters. The number of allylic oxidation sites excluding steroid dienone is 1. The maximum atomic E-state index is 13.0. The van der Waals surface area contributed by atoms with E-state index < -0.39 is 6.04 Å². The Balaban J connectivity index is 0.789. The van der Waals surface area contributed by atoms with E-state index in [9.17, 15) is 14.4 Å². The Morgan fingerprint density at radius 1 is 0.855 bits per heavy atom. The number of carbonyl (C=O) groups excluding carboxylic acids is 3. The van der Waals surface area contributed by atoms with Crippen LogP contribution in [0.15, 0.2) is 66.7 Å². The van der Waals surface area contributed by atoms with Gasteiger partial charge in [-0.1, -0.05) is 23.8 Å². The highest BCUT2D eigenvalue weighted by atomic mass is 35.5. The number of carbonyl (C=O) groups is 3. The minimum absolute atomic E-state index is 0.0343. The van der Waals surface area contributed by atoms with Gasteiger partial charge in [0.15, 0.2) is 17.3 Å². The minimum atomic E-state index is -0.423. The van der Waals surface area contributed by atoms with Gasteiger partial charge in [-0.15, -0.1) is 10.2 Å². The summed E-state index contributed by atoms with van der Waals surface area (Å²) in [6.07, 6.45) is 7.16. The first-order valence-electron chi connectivity index (χ1n) is 19.5. The molecule has 55 heavy (non-hydrogen) atoms. The zero-order chi connectivity index (χ0) is 38.3. The summed E-state index contributed by atoms with van der Waals surface area (Å²) >= 11 is 6.15. The third-order valence-corrected chi connectivity index (χ3v) is 11.8. The van der Waals surface area contributed by atoms with Crippen molar-refractivity contribution in [2.45, 2.75) is 76.0 Å². The highest BCUT2D eigenvalue weighted by Gasteiger charge is 2.28. The van der Waals surface area contributed by atoms with Gasteiger partial charge < -0.3 is 25.2 Å². The number of piperazine rings is 1. The van der Waals surface area contributed by atoms with E-state index in [1.807, 2.05) is 30.3 Å². The number of halogens is 1. The fraction of sp³-hybridized carbons (Fsp3) is 0.476. The van der Waals surface area contributed by atoms with Crippen LogP contribution in [0.1, 0.15) is 84.2 Å². The molecule has 4 aliphatic rings. The highest BCUT2D eigenvalue weighted by molar-refractivity contribution is 6.31. The molecule has 2 amide bonds. The number of aromatic nitrogens is 2.